The van der Waals surface area contributed by atoms with Gasteiger partial charge in [0.1, 0.15) is 5.75 Å². The van der Waals surface area contributed by atoms with Crippen molar-refractivity contribution in [2.75, 3.05) is 7.11 Å². The highest BCUT2D eigenvalue weighted by atomic mass is 19.1. The summed E-state index contributed by atoms with van der Waals surface area (Å²) in [4.78, 5) is 25.3. The zero-order chi connectivity index (χ0) is 17.2. The monoisotopic (exact) mass is 314 g/mol. The van der Waals surface area contributed by atoms with E-state index in [1.54, 1.807) is 45.1 Å². The van der Waals surface area contributed by atoms with Gasteiger partial charge in [0.25, 0.3) is 0 Å². The Morgan fingerprint density at radius 1 is 1.17 bits per heavy atom. The molecule has 23 heavy (non-hydrogen) atoms. The molecule has 120 valence electrons. The summed E-state index contributed by atoms with van der Waals surface area (Å²) < 4.78 is 21.5. The molecule has 3 nitrogen and oxygen atoms in total. The van der Waals surface area contributed by atoms with E-state index in [0.717, 1.165) is 0 Å². The van der Waals surface area contributed by atoms with Crippen LogP contribution in [0.25, 0.3) is 0 Å². The van der Waals surface area contributed by atoms with Crippen LogP contribution < -0.4 is 4.74 Å². The molecule has 2 unspecified atom stereocenters. The van der Waals surface area contributed by atoms with Crippen molar-refractivity contribution in [3.63, 3.8) is 0 Å². The van der Waals surface area contributed by atoms with Crippen molar-refractivity contribution in [2.24, 2.45) is 5.41 Å². The molecule has 0 saturated heterocycles. The first-order valence-electron chi connectivity index (χ1n) is 7.46. The summed E-state index contributed by atoms with van der Waals surface area (Å²) in [6, 6.07) is 4.78. The molecule has 3 rings (SSSR count). The second kappa shape index (κ2) is 4.40. The zero-order valence-corrected chi connectivity index (χ0v) is 13.7. The number of ketones is 2. The number of ether oxygens (including phenoxy) is 1. The summed E-state index contributed by atoms with van der Waals surface area (Å²) in [6.45, 7) is 8.76. The number of carbonyl (C=O) groups excluding carboxylic acids is 2. The van der Waals surface area contributed by atoms with E-state index in [9.17, 15) is 9.59 Å². The van der Waals surface area contributed by atoms with Crippen molar-refractivity contribution >= 4 is 11.6 Å². The maximum Gasteiger partial charge on any atom is 0.242 e. The number of allylic oxidation sites excluding steroid dienone is 3. The molecule has 4 heteroatoms. The molecular formula is C19H19FO3. The summed E-state index contributed by atoms with van der Waals surface area (Å²) in [5.41, 5.74) is -3.64. The lowest BCUT2D eigenvalue weighted by Crippen LogP contribution is -2.66. The molecule has 0 aliphatic heterocycles. The fourth-order valence-corrected chi connectivity index (χ4v) is 3.81. The van der Waals surface area contributed by atoms with Crippen molar-refractivity contribution < 1.29 is 18.7 Å². The molecule has 0 radical (unpaired) electrons. The van der Waals surface area contributed by atoms with Crippen LogP contribution in [-0.2, 0) is 10.2 Å². The Hall–Kier alpha value is -2.23. The molecule has 0 heterocycles. The SMILES string of the molecule is C=C1C=CC2(C)c3cc(OC)ccc3C(=O)C(=O)C2(F)C1(C)C. The van der Waals surface area contributed by atoms with Gasteiger partial charge in [0.2, 0.25) is 11.6 Å². The van der Waals surface area contributed by atoms with E-state index in [2.05, 4.69) is 6.58 Å². The minimum absolute atomic E-state index is 0.236. The largest absolute Gasteiger partial charge is 0.497 e. The van der Waals surface area contributed by atoms with E-state index in [0.29, 0.717) is 16.9 Å². The van der Waals surface area contributed by atoms with Crippen molar-refractivity contribution in [3.05, 3.63) is 53.6 Å². The van der Waals surface area contributed by atoms with Gasteiger partial charge in [-0.25, -0.2) is 4.39 Å². The summed E-state index contributed by atoms with van der Waals surface area (Å²) >= 11 is 0. The summed E-state index contributed by atoms with van der Waals surface area (Å²) in [5.74, 6) is -1.28. The van der Waals surface area contributed by atoms with Crippen LogP contribution >= 0.6 is 0 Å². The van der Waals surface area contributed by atoms with Crippen molar-refractivity contribution in [2.45, 2.75) is 31.9 Å². The average Bonchev–Trinajstić information content (AvgIpc) is 2.54. The lowest BCUT2D eigenvalue weighted by molar-refractivity contribution is -0.139. The van der Waals surface area contributed by atoms with Gasteiger partial charge in [-0.2, -0.15) is 0 Å². The maximum atomic E-state index is 16.3. The second-order valence-corrected chi connectivity index (χ2v) is 6.91. The summed E-state index contributed by atoms with van der Waals surface area (Å²) in [6.07, 6.45) is 3.38. The number of rotatable bonds is 1. The minimum Gasteiger partial charge on any atom is -0.497 e. The molecule has 2 aliphatic rings. The van der Waals surface area contributed by atoms with Crippen molar-refractivity contribution in [3.8, 4) is 5.75 Å². The molecule has 0 spiro atoms. The predicted molar refractivity (Wildman–Crippen MR) is 85.6 cm³/mol. The quantitative estimate of drug-likeness (QED) is 0.744. The third-order valence-corrected chi connectivity index (χ3v) is 5.55. The van der Waals surface area contributed by atoms with E-state index in [1.165, 1.54) is 13.2 Å². The van der Waals surface area contributed by atoms with Crippen LogP contribution in [0.15, 0.2) is 42.5 Å². The Labute approximate surface area is 134 Å². The molecule has 1 aromatic carbocycles. The zero-order valence-electron chi connectivity index (χ0n) is 13.7. The lowest BCUT2D eigenvalue weighted by atomic mass is 9.49. The van der Waals surface area contributed by atoms with Crippen LogP contribution in [0.4, 0.5) is 4.39 Å². The Kier molecular flexibility index (Phi) is 3.00. The van der Waals surface area contributed by atoms with E-state index in [1.807, 2.05) is 0 Å². The van der Waals surface area contributed by atoms with Crippen LogP contribution in [-0.4, -0.2) is 24.3 Å². The van der Waals surface area contributed by atoms with Crippen LogP contribution in [0, 0.1) is 5.41 Å². The number of hydrogen-bond donors (Lipinski definition) is 0. The van der Waals surface area contributed by atoms with E-state index >= 15 is 4.39 Å². The van der Waals surface area contributed by atoms with Crippen LogP contribution in [0.2, 0.25) is 0 Å². The molecule has 2 aliphatic carbocycles. The Bertz CT molecular complexity index is 790. The molecular weight excluding hydrogens is 295 g/mol. The Balaban J connectivity index is 2.43. The third kappa shape index (κ3) is 1.58. The molecule has 0 bridgehead atoms. The fourth-order valence-electron chi connectivity index (χ4n) is 3.81. The van der Waals surface area contributed by atoms with Crippen LogP contribution in [0.3, 0.4) is 0 Å². The molecule has 0 aromatic heterocycles. The van der Waals surface area contributed by atoms with Crippen molar-refractivity contribution in [1.82, 2.24) is 0 Å². The molecule has 0 amide bonds. The first-order valence-corrected chi connectivity index (χ1v) is 7.46. The number of Topliss-reactive ketones (excluding diaryl/α,β-unsaturated/α-hetero) is 2. The first kappa shape index (κ1) is 15.7. The number of alkyl halides is 1. The van der Waals surface area contributed by atoms with Gasteiger partial charge < -0.3 is 4.74 Å². The van der Waals surface area contributed by atoms with Gasteiger partial charge in [0.05, 0.1) is 12.5 Å². The number of carbonyl (C=O) groups is 2. The van der Waals surface area contributed by atoms with Crippen LogP contribution in [0.5, 0.6) is 5.75 Å². The number of fused-ring (bicyclic) bond motifs is 3. The van der Waals surface area contributed by atoms with Crippen molar-refractivity contribution in [1.29, 1.82) is 0 Å². The maximum absolute atomic E-state index is 16.3. The summed E-state index contributed by atoms with van der Waals surface area (Å²) in [5, 5.41) is 0. The van der Waals surface area contributed by atoms with Gasteiger partial charge in [-0.15, -0.1) is 0 Å². The molecule has 0 saturated carbocycles. The normalized spacial score (nSPS) is 31.6. The summed E-state index contributed by atoms with van der Waals surface area (Å²) in [7, 11) is 1.51. The number of methoxy groups -OCH3 is 1. The lowest BCUT2D eigenvalue weighted by Gasteiger charge is -2.54. The standard InChI is InChI=1S/C19H19FO3/c1-11-8-9-18(4)14-10-12(23-5)6-7-13(14)15(21)16(22)19(18,20)17(11,2)3/h6-10H,1H2,2-5H3. The fraction of sp³-hybridized carbons (Fsp3) is 0.368. The first-order chi connectivity index (χ1) is 10.6. The van der Waals surface area contributed by atoms with E-state index in [4.69, 9.17) is 4.74 Å². The number of benzene rings is 1. The Morgan fingerprint density at radius 3 is 2.43 bits per heavy atom. The van der Waals surface area contributed by atoms with Gasteiger partial charge in [-0.1, -0.05) is 32.6 Å². The molecule has 1 aromatic rings. The van der Waals surface area contributed by atoms with E-state index in [-0.39, 0.29) is 5.56 Å². The van der Waals surface area contributed by atoms with E-state index < -0.39 is 28.1 Å². The number of hydrogen-bond acceptors (Lipinski definition) is 3. The molecule has 0 N–H and O–H groups in total. The van der Waals surface area contributed by atoms with Gasteiger partial charge in [0.15, 0.2) is 5.67 Å². The Morgan fingerprint density at radius 2 is 1.83 bits per heavy atom. The minimum atomic E-state index is -2.39. The predicted octanol–water partition coefficient (Wildman–Crippen LogP) is 3.58. The van der Waals surface area contributed by atoms with Gasteiger partial charge in [0, 0.05) is 11.0 Å². The van der Waals surface area contributed by atoms with Gasteiger partial charge in [-0.3, -0.25) is 9.59 Å². The molecule has 2 atom stereocenters. The smallest absolute Gasteiger partial charge is 0.242 e. The van der Waals surface area contributed by atoms with Crippen LogP contribution in [0.1, 0.15) is 36.7 Å². The number of halogens is 1. The highest BCUT2D eigenvalue weighted by Gasteiger charge is 2.69. The third-order valence-electron chi connectivity index (χ3n) is 5.55. The molecule has 0 fully saturated rings. The van der Waals surface area contributed by atoms with Gasteiger partial charge >= 0.3 is 0 Å². The second-order valence-electron chi connectivity index (χ2n) is 6.91. The topological polar surface area (TPSA) is 43.4 Å². The highest BCUT2D eigenvalue weighted by molar-refractivity contribution is 6.48. The highest BCUT2D eigenvalue weighted by Crippen LogP contribution is 2.59. The average molecular weight is 314 g/mol. The van der Waals surface area contributed by atoms with Gasteiger partial charge in [-0.05, 0) is 36.3 Å².